The molecule has 1 aromatic heterocycles. The average molecular weight is 238 g/mol. The Kier molecular flexibility index (Phi) is 3.04. The summed E-state index contributed by atoms with van der Waals surface area (Å²) in [5.74, 6) is 0.617. The van der Waals surface area contributed by atoms with Crippen LogP contribution in [0.5, 0.6) is 5.75 Å². The van der Waals surface area contributed by atoms with Crippen molar-refractivity contribution in [3.8, 4) is 5.75 Å². The molecule has 5 heteroatoms. The third-order valence-corrected chi connectivity index (χ3v) is 2.71. The van der Waals surface area contributed by atoms with Crippen LogP contribution in [-0.4, -0.2) is 22.4 Å². The van der Waals surface area contributed by atoms with Crippen molar-refractivity contribution in [2.45, 2.75) is 32.2 Å². The van der Waals surface area contributed by atoms with Gasteiger partial charge in [0, 0.05) is 6.07 Å². The second kappa shape index (κ2) is 4.35. The lowest BCUT2D eigenvalue weighted by Crippen LogP contribution is -2.40. The van der Waals surface area contributed by atoms with Crippen LogP contribution < -0.4 is 10.4 Å². The molecule has 0 fully saturated rings. The number of ether oxygens (including phenoxy) is 1. The van der Waals surface area contributed by atoms with Gasteiger partial charge in [-0.1, -0.05) is 6.08 Å². The highest BCUT2D eigenvalue weighted by molar-refractivity contribution is 5.47. The van der Waals surface area contributed by atoms with E-state index < -0.39 is 23.9 Å². The van der Waals surface area contributed by atoms with E-state index >= 15 is 0 Å². The molecule has 2 rings (SSSR count). The van der Waals surface area contributed by atoms with E-state index in [9.17, 15) is 15.0 Å². The molecule has 1 aliphatic heterocycles. The zero-order valence-electron chi connectivity index (χ0n) is 9.58. The van der Waals surface area contributed by atoms with Crippen LogP contribution in [0.15, 0.2) is 21.4 Å². The van der Waals surface area contributed by atoms with Gasteiger partial charge in [0.1, 0.15) is 35.4 Å². The molecule has 92 valence electrons. The molecular weight excluding hydrogens is 224 g/mol. The molecule has 17 heavy (non-hydrogen) atoms. The van der Waals surface area contributed by atoms with Crippen molar-refractivity contribution in [3.63, 3.8) is 0 Å². The second-order valence-electron chi connectivity index (χ2n) is 3.97. The summed E-state index contributed by atoms with van der Waals surface area (Å²) in [7, 11) is 0. The molecule has 1 aliphatic rings. The molecule has 0 radical (unpaired) electrons. The fourth-order valence-corrected chi connectivity index (χ4v) is 1.81. The molecular formula is C12H14O5. The van der Waals surface area contributed by atoms with Crippen molar-refractivity contribution in [2.24, 2.45) is 0 Å². The summed E-state index contributed by atoms with van der Waals surface area (Å²) >= 11 is 0. The van der Waals surface area contributed by atoms with E-state index in [-0.39, 0.29) is 11.3 Å². The molecule has 0 amide bonds. The lowest BCUT2D eigenvalue weighted by molar-refractivity contribution is -0.0636. The van der Waals surface area contributed by atoms with Crippen LogP contribution in [0.3, 0.4) is 0 Å². The fraction of sp³-hybridized carbons (Fsp3) is 0.417. The molecule has 2 N–H and O–H groups in total. The Balaban J connectivity index is 2.56. The number of fused-ring (bicyclic) bond motifs is 1. The Morgan fingerprint density at radius 1 is 1.41 bits per heavy atom. The van der Waals surface area contributed by atoms with Gasteiger partial charge >= 0.3 is 5.63 Å². The minimum absolute atomic E-state index is 0.0242. The molecule has 0 bridgehead atoms. The van der Waals surface area contributed by atoms with Gasteiger partial charge in [-0.2, -0.15) is 0 Å². The van der Waals surface area contributed by atoms with E-state index in [1.54, 1.807) is 26.0 Å². The minimum atomic E-state index is -1.27. The lowest BCUT2D eigenvalue weighted by Gasteiger charge is -2.31. The highest BCUT2D eigenvalue weighted by Gasteiger charge is 2.36. The first-order valence-electron chi connectivity index (χ1n) is 5.38. The number of aliphatic hydroxyl groups excluding tert-OH is 2. The van der Waals surface area contributed by atoms with Crippen LogP contribution in [0, 0.1) is 0 Å². The van der Waals surface area contributed by atoms with Crippen LogP contribution >= 0.6 is 0 Å². The Labute approximate surface area is 98.0 Å². The predicted molar refractivity (Wildman–Crippen MR) is 60.7 cm³/mol. The first kappa shape index (κ1) is 11.9. The quantitative estimate of drug-likeness (QED) is 0.758. The number of allylic oxidation sites excluding steroid dienone is 1. The molecule has 0 unspecified atom stereocenters. The van der Waals surface area contributed by atoms with Crippen LogP contribution in [0.1, 0.15) is 31.3 Å². The van der Waals surface area contributed by atoms with Gasteiger partial charge in [0.05, 0.1) is 0 Å². The lowest BCUT2D eigenvalue weighted by atomic mass is 9.98. The highest BCUT2D eigenvalue weighted by Crippen LogP contribution is 2.33. The molecule has 2 heterocycles. The summed E-state index contributed by atoms with van der Waals surface area (Å²) < 4.78 is 10.4. The number of aliphatic hydroxyl groups is 2. The van der Waals surface area contributed by atoms with Crippen molar-refractivity contribution < 1.29 is 19.4 Å². The Morgan fingerprint density at radius 2 is 2.12 bits per heavy atom. The normalized spacial score (nSPS) is 27.9. The van der Waals surface area contributed by atoms with Crippen LogP contribution in [-0.2, 0) is 0 Å². The van der Waals surface area contributed by atoms with Crippen molar-refractivity contribution in [1.29, 1.82) is 0 Å². The maximum atomic E-state index is 11.7. The van der Waals surface area contributed by atoms with Crippen molar-refractivity contribution >= 4 is 6.08 Å². The summed E-state index contributed by atoms with van der Waals surface area (Å²) in [5, 5.41) is 19.4. The first-order valence-corrected chi connectivity index (χ1v) is 5.38. The number of hydrogen-bond donors (Lipinski definition) is 2. The van der Waals surface area contributed by atoms with Crippen LogP contribution in [0.2, 0.25) is 0 Å². The maximum absolute atomic E-state index is 11.7. The topological polar surface area (TPSA) is 79.9 Å². The summed E-state index contributed by atoms with van der Waals surface area (Å²) in [6, 6.07) is 1.53. The van der Waals surface area contributed by atoms with Gasteiger partial charge in [-0.25, -0.2) is 4.79 Å². The Bertz CT molecular complexity index is 502. The smallest absolute Gasteiger partial charge is 0.345 e. The Morgan fingerprint density at radius 3 is 2.76 bits per heavy atom. The monoisotopic (exact) mass is 238 g/mol. The third-order valence-electron chi connectivity index (χ3n) is 2.71. The molecule has 0 aliphatic carbocycles. The molecule has 0 aromatic carbocycles. The van der Waals surface area contributed by atoms with E-state index in [1.165, 1.54) is 6.07 Å². The van der Waals surface area contributed by atoms with Gasteiger partial charge in [-0.05, 0) is 19.9 Å². The number of rotatable bonds is 1. The van der Waals surface area contributed by atoms with Gasteiger partial charge in [0.15, 0.2) is 0 Å². The first-order chi connectivity index (χ1) is 8.04. The molecule has 1 aromatic rings. The molecule has 3 atom stereocenters. The molecule has 0 saturated heterocycles. The predicted octanol–water partition coefficient (Wildman–Crippen LogP) is 0.848. The van der Waals surface area contributed by atoms with Gasteiger partial charge in [-0.15, -0.1) is 0 Å². The number of hydrogen-bond acceptors (Lipinski definition) is 5. The van der Waals surface area contributed by atoms with Crippen LogP contribution in [0.4, 0.5) is 0 Å². The average Bonchev–Trinajstić information content (AvgIpc) is 2.25. The van der Waals surface area contributed by atoms with E-state index in [1.807, 2.05) is 0 Å². The summed E-state index contributed by atoms with van der Waals surface area (Å²) in [4.78, 5) is 11.7. The van der Waals surface area contributed by atoms with Gasteiger partial charge < -0.3 is 19.4 Å². The summed E-state index contributed by atoms with van der Waals surface area (Å²) in [5.41, 5.74) is -0.710. The van der Waals surface area contributed by atoms with Gasteiger partial charge in [0.2, 0.25) is 0 Å². The van der Waals surface area contributed by atoms with E-state index in [4.69, 9.17) is 9.15 Å². The van der Waals surface area contributed by atoms with Crippen LogP contribution in [0.25, 0.3) is 6.08 Å². The Hall–Kier alpha value is -1.59. The fourth-order valence-electron chi connectivity index (χ4n) is 1.81. The van der Waals surface area contributed by atoms with Gasteiger partial charge in [-0.3, -0.25) is 0 Å². The highest BCUT2D eigenvalue weighted by atomic mass is 16.5. The molecule has 5 nitrogen and oxygen atoms in total. The summed E-state index contributed by atoms with van der Waals surface area (Å²) in [6.07, 6.45) is 0.371. The largest absolute Gasteiger partial charge is 0.487 e. The SMILES string of the molecule is CC=Cc1cc2c(c(=O)o1)[C@@H](O)[C@@H](O)[C@H](C)O2. The van der Waals surface area contributed by atoms with Crippen molar-refractivity contribution in [1.82, 2.24) is 0 Å². The van der Waals surface area contributed by atoms with E-state index in [2.05, 4.69) is 0 Å². The van der Waals surface area contributed by atoms with Gasteiger partial charge in [0.25, 0.3) is 0 Å². The summed E-state index contributed by atoms with van der Waals surface area (Å²) in [6.45, 7) is 3.42. The molecule has 0 saturated carbocycles. The van der Waals surface area contributed by atoms with Crippen molar-refractivity contribution in [3.05, 3.63) is 33.9 Å². The van der Waals surface area contributed by atoms with E-state index in [0.717, 1.165) is 0 Å². The standard InChI is InChI=1S/C12H14O5/c1-3-4-7-5-8-9(12(15)17-7)11(14)10(13)6(2)16-8/h3-6,10-11,13-14H,1-2H3/t6-,10-,11+/m0/s1. The zero-order chi connectivity index (χ0) is 12.6. The maximum Gasteiger partial charge on any atom is 0.345 e. The van der Waals surface area contributed by atoms with E-state index in [0.29, 0.717) is 5.76 Å². The zero-order valence-corrected chi connectivity index (χ0v) is 9.58. The molecule has 0 spiro atoms. The van der Waals surface area contributed by atoms with Crippen molar-refractivity contribution in [2.75, 3.05) is 0 Å². The minimum Gasteiger partial charge on any atom is -0.487 e. The third kappa shape index (κ3) is 1.99. The second-order valence-corrected chi connectivity index (χ2v) is 3.97.